The highest BCUT2D eigenvalue weighted by atomic mass is 16.4. The lowest BCUT2D eigenvalue weighted by molar-refractivity contribution is -0.316. The van der Waals surface area contributed by atoms with E-state index in [4.69, 9.17) is 5.73 Å². The molecule has 0 radical (unpaired) electrons. The summed E-state index contributed by atoms with van der Waals surface area (Å²) < 4.78 is 0. The molecule has 1 amide bonds. The molecule has 84 valence electrons. The first-order chi connectivity index (χ1) is 6.61. The van der Waals surface area contributed by atoms with E-state index in [1.54, 1.807) is 0 Å². The molecule has 4 atom stereocenters. The van der Waals surface area contributed by atoms with Gasteiger partial charge in [0.1, 0.15) is 0 Å². The fraction of sp³-hybridized carbons (Fsp3) is 0.600. The van der Waals surface area contributed by atoms with Crippen LogP contribution in [0.2, 0.25) is 0 Å². The molecule has 3 rings (SSSR count). The highest BCUT2D eigenvalue weighted by Gasteiger charge is 2.44. The quantitative estimate of drug-likeness (QED) is 0.596. The Morgan fingerprint density at radius 3 is 1.87 bits per heavy atom. The minimum atomic E-state index is -1.15. The molecule has 5 heteroatoms. The minimum absolute atomic E-state index is 0. The third-order valence-corrected chi connectivity index (χ3v) is 3.35. The topological polar surface area (TPSA) is 120 Å². The van der Waals surface area contributed by atoms with Gasteiger partial charge in [-0.15, -0.1) is 0 Å². The van der Waals surface area contributed by atoms with E-state index in [1.165, 1.54) is 0 Å². The first kappa shape index (κ1) is 11.7. The number of carboxylic acids is 1. The largest absolute Gasteiger partial charge is 0.550 e. The summed E-state index contributed by atoms with van der Waals surface area (Å²) >= 11 is 0. The second-order valence-electron chi connectivity index (χ2n) is 4.06. The summed E-state index contributed by atoms with van der Waals surface area (Å²) in [5, 5.41) is 10.9. The second-order valence-corrected chi connectivity index (χ2v) is 4.06. The average Bonchev–Trinajstić information content (AvgIpc) is 2.17. The SMILES string of the molecule is NC(=O)C1C2C=CC(CC2)C1C(=O)[O-].[NH4+]. The molecule has 15 heavy (non-hydrogen) atoms. The Balaban J connectivity index is 0.00000112. The van der Waals surface area contributed by atoms with E-state index in [0.29, 0.717) is 0 Å². The lowest BCUT2D eigenvalue weighted by atomic mass is 9.62. The van der Waals surface area contributed by atoms with Crippen LogP contribution in [0.4, 0.5) is 0 Å². The average molecular weight is 212 g/mol. The van der Waals surface area contributed by atoms with Crippen LogP contribution in [-0.2, 0) is 9.59 Å². The van der Waals surface area contributed by atoms with Crippen molar-refractivity contribution in [3.05, 3.63) is 12.2 Å². The van der Waals surface area contributed by atoms with Crippen molar-refractivity contribution in [2.24, 2.45) is 29.4 Å². The summed E-state index contributed by atoms with van der Waals surface area (Å²) in [4.78, 5) is 22.1. The fourth-order valence-corrected chi connectivity index (χ4v) is 2.70. The molecule has 0 aromatic carbocycles. The number of hydrogen-bond donors (Lipinski definition) is 2. The Hall–Kier alpha value is -1.36. The van der Waals surface area contributed by atoms with Gasteiger partial charge in [-0.1, -0.05) is 12.2 Å². The van der Waals surface area contributed by atoms with Gasteiger partial charge < -0.3 is 21.8 Å². The molecule has 0 aromatic rings. The molecule has 0 saturated heterocycles. The predicted octanol–water partition coefficient (Wildman–Crippen LogP) is -0.574. The van der Waals surface area contributed by atoms with Crippen LogP contribution in [0.15, 0.2) is 12.2 Å². The zero-order chi connectivity index (χ0) is 10.3. The maximum atomic E-state index is 11.2. The lowest BCUT2D eigenvalue weighted by Gasteiger charge is -2.43. The van der Waals surface area contributed by atoms with Gasteiger partial charge in [0.25, 0.3) is 0 Å². The second kappa shape index (κ2) is 4.02. The molecular weight excluding hydrogens is 196 g/mol. The molecule has 0 aliphatic heterocycles. The van der Waals surface area contributed by atoms with Crippen LogP contribution in [0.5, 0.6) is 0 Å². The van der Waals surface area contributed by atoms with Crippen molar-refractivity contribution in [1.82, 2.24) is 6.15 Å². The maximum absolute atomic E-state index is 11.2. The number of aliphatic carboxylic acids is 1. The summed E-state index contributed by atoms with van der Waals surface area (Å²) in [7, 11) is 0. The minimum Gasteiger partial charge on any atom is -0.550 e. The molecule has 2 bridgehead atoms. The van der Waals surface area contributed by atoms with E-state index in [2.05, 4.69) is 0 Å². The molecule has 5 nitrogen and oxygen atoms in total. The molecule has 0 heterocycles. The summed E-state index contributed by atoms with van der Waals surface area (Å²) in [5.41, 5.74) is 5.22. The number of carbonyl (C=O) groups is 2. The fourth-order valence-electron chi connectivity index (χ4n) is 2.70. The number of carbonyl (C=O) groups excluding carboxylic acids is 2. The number of carboxylic acid groups (broad SMARTS) is 1. The first-order valence-corrected chi connectivity index (χ1v) is 4.79. The summed E-state index contributed by atoms with van der Waals surface area (Å²) in [6, 6.07) is 0. The van der Waals surface area contributed by atoms with Gasteiger partial charge >= 0.3 is 0 Å². The molecular formula is C10H16N2O3. The van der Waals surface area contributed by atoms with E-state index in [9.17, 15) is 14.7 Å². The van der Waals surface area contributed by atoms with Gasteiger partial charge in [-0.2, -0.15) is 0 Å². The Kier molecular flexibility index (Phi) is 3.14. The number of rotatable bonds is 2. The van der Waals surface area contributed by atoms with Crippen molar-refractivity contribution in [2.45, 2.75) is 12.8 Å². The smallest absolute Gasteiger partial charge is 0.221 e. The highest BCUT2D eigenvalue weighted by molar-refractivity contribution is 5.84. The number of hydrogen-bond acceptors (Lipinski definition) is 3. The van der Waals surface area contributed by atoms with Gasteiger partial charge in [0.05, 0.1) is 5.92 Å². The van der Waals surface area contributed by atoms with Crippen LogP contribution in [0.1, 0.15) is 12.8 Å². The molecule has 6 N–H and O–H groups in total. The van der Waals surface area contributed by atoms with E-state index < -0.39 is 23.7 Å². The number of primary amides is 1. The van der Waals surface area contributed by atoms with Crippen LogP contribution in [0.25, 0.3) is 0 Å². The summed E-state index contributed by atoms with van der Waals surface area (Å²) in [6.45, 7) is 0. The lowest BCUT2D eigenvalue weighted by Crippen LogP contribution is -2.51. The number of quaternary nitrogens is 1. The van der Waals surface area contributed by atoms with Crippen molar-refractivity contribution >= 4 is 11.9 Å². The molecule has 1 fully saturated rings. The van der Waals surface area contributed by atoms with Gasteiger partial charge in [-0.05, 0) is 24.7 Å². The van der Waals surface area contributed by atoms with Crippen molar-refractivity contribution in [3.8, 4) is 0 Å². The van der Waals surface area contributed by atoms with Crippen molar-refractivity contribution in [2.75, 3.05) is 0 Å². The summed E-state index contributed by atoms with van der Waals surface area (Å²) in [5.74, 6) is -3.01. The van der Waals surface area contributed by atoms with Crippen LogP contribution in [-0.4, -0.2) is 11.9 Å². The van der Waals surface area contributed by atoms with E-state index in [0.717, 1.165) is 12.8 Å². The van der Waals surface area contributed by atoms with Crippen molar-refractivity contribution in [1.29, 1.82) is 0 Å². The van der Waals surface area contributed by atoms with E-state index >= 15 is 0 Å². The Morgan fingerprint density at radius 2 is 1.60 bits per heavy atom. The molecule has 1 saturated carbocycles. The zero-order valence-electron chi connectivity index (χ0n) is 8.68. The Morgan fingerprint density at radius 1 is 1.13 bits per heavy atom. The normalized spacial score (nSPS) is 37.1. The van der Waals surface area contributed by atoms with Gasteiger partial charge in [0.15, 0.2) is 0 Å². The zero-order valence-corrected chi connectivity index (χ0v) is 8.68. The van der Waals surface area contributed by atoms with Crippen LogP contribution >= 0.6 is 0 Å². The van der Waals surface area contributed by atoms with Gasteiger partial charge in [-0.3, -0.25) is 4.79 Å². The van der Waals surface area contributed by atoms with Crippen LogP contribution in [0, 0.1) is 23.7 Å². The monoisotopic (exact) mass is 212 g/mol. The maximum Gasteiger partial charge on any atom is 0.221 e. The third kappa shape index (κ3) is 1.74. The molecule has 3 aliphatic rings. The van der Waals surface area contributed by atoms with Crippen molar-refractivity contribution < 1.29 is 14.7 Å². The number of fused-ring (bicyclic) bond motifs is 2. The van der Waals surface area contributed by atoms with Gasteiger partial charge in [0.2, 0.25) is 5.91 Å². The van der Waals surface area contributed by atoms with E-state index in [1.807, 2.05) is 12.2 Å². The van der Waals surface area contributed by atoms with Gasteiger partial charge in [0, 0.05) is 11.9 Å². The van der Waals surface area contributed by atoms with Crippen LogP contribution < -0.4 is 17.0 Å². The predicted molar refractivity (Wildman–Crippen MR) is 52.5 cm³/mol. The standard InChI is InChI=1S/C10H13NO3.H3N/c11-9(12)7-5-1-3-6(4-2-5)8(7)10(13)14;/h1,3,5-8H,2,4H2,(H2,11,12)(H,13,14);1H3. The first-order valence-electron chi connectivity index (χ1n) is 4.79. The van der Waals surface area contributed by atoms with Gasteiger partial charge in [-0.25, -0.2) is 0 Å². The van der Waals surface area contributed by atoms with Crippen LogP contribution in [0.3, 0.4) is 0 Å². The summed E-state index contributed by atoms with van der Waals surface area (Å²) in [6.07, 6.45) is 5.49. The van der Waals surface area contributed by atoms with Crippen molar-refractivity contribution in [3.63, 3.8) is 0 Å². The highest BCUT2D eigenvalue weighted by Crippen LogP contribution is 2.44. The number of amides is 1. The number of allylic oxidation sites excluding steroid dienone is 2. The molecule has 3 aliphatic carbocycles. The Bertz CT molecular complexity index is 284. The third-order valence-electron chi connectivity index (χ3n) is 3.35. The molecule has 0 spiro atoms. The number of nitrogens with two attached hydrogens (primary N) is 1. The van der Waals surface area contributed by atoms with E-state index in [-0.39, 0.29) is 18.0 Å². The Labute approximate surface area is 87.9 Å². The molecule has 4 unspecified atom stereocenters. The molecule has 0 aromatic heterocycles.